The number of carbonyl (C=O) groups is 6. The Hall–Kier alpha value is -5.17. The van der Waals surface area contributed by atoms with Gasteiger partial charge >= 0.3 is 5.97 Å². The molecule has 0 saturated carbocycles. The van der Waals surface area contributed by atoms with Crippen LogP contribution in [0.4, 0.5) is 0 Å². The second-order valence-corrected chi connectivity index (χ2v) is 31.9. The van der Waals surface area contributed by atoms with Crippen LogP contribution in [-0.4, -0.2) is 92.0 Å². The van der Waals surface area contributed by atoms with Crippen molar-refractivity contribution in [1.29, 1.82) is 0 Å². The molecule has 0 aliphatic heterocycles. The lowest BCUT2D eigenvalue weighted by atomic mass is 10.0. The Kier molecular flexibility index (Phi) is 20.5. The molecule has 0 spiro atoms. The van der Waals surface area contributed by atoms with E-state index >= 15 is 0 Å². The van der Waals surface area contributed by atoms with Crippen molar-refractivity contribution in [2.24, 2.45) is 11.7 Å². The van der Waals surface area contributed by atoms with Gasteiger partial charge in [-0.05, 0) is 53.1 Å². The van der Waals surface area contributed by atoms with Gasteiger partial charge < -0.3 is 41.7 Å². The molecule has 67 heavy (non-hydrogen) atoms. The Morgan fingerprint density at radius 1 is 0.567 bits per heavy atom. The van der Waals surface area contributed by atoms with Gasteiger partial charge in [-0.1, -0.05) is 176 Å². The second-order valence-electron chi connectivity index (χ2n) is 21.9. The fourth-order valence-electron chi connectivity index (χ4n) is 8.86. The third-order valence-corrected chi connectivity index (χ3v) is 23.1. The average Bonchev–Trinajstić information content (AvgIpc) is 3.20. The molecule has 2 atom stereocenters. The minimum atomic E-state index is -2.93. The maximum Gasteiger partial charge on any atom is 0.307 e. The van der Waals surface area contributed by atoms with Crippen molar-refractivity contribution in [3.05, 3.63) is 95.6 Å². The number of carboxylic acid groups (broad SMARTS) is 1. The molecule has 0 unspecified atom stereocenters. The number of carbonyl (C=O) groups excluding carboxylic acids is 5. The summed E-state index contributed by atoms with van der Waals surface area (Å²) < 4.78 is 0. The number of hydrogen-bond donors (Lipinski definition) is 8. The van der Waals surface area contributed by atoms with Crippen molar-refractivity contribution in [3.63, 3.8) is 0 Å². The predicted molar refractivity (Wildman–Crippen MR) is 271 cm³/mol. The van der Waals surface area contributed by atoms with E-state index in [9.17, 15) is 38.4 Å². The number of carboxylic acids is 1. The molecule has 0 aromatic heterocycles. The number of benzene rings is 3. The van der Waals surface area contributed by atoms with Crippen LogP contribution < -0.4 is 37.4 Å². The van der Waals surface area contributed by atoms with Gasteiger partial charge in [-0.3, -0.25) is 28.8 Å². The minimum Gasteiger partial charge on any atom is -0.481 e. The summed E-state index contributed by atoms with van der Waals surface area (Å²) in [5.41, 5.74) is 7.47. The summed E-state index contributed by atoms with van der Waals surface area (Å²) in [6.45, 7) is 28.1. The maximum absolute atomic E-state index is 13.0. The number of amides is 5. The van der Waals surface area contributed by atoms with Crippen LogP contribution in [0.25, 0.3) is 0 Å². The first-order valence-electron chi connectivity index (χ1n) is 23.0. The van der Waals surface area contributed by atoms with E-state index in [1.807, 2.05) is 92.7 Å². The van der Waals surface area contributed by atoms with Gasteiger partial charge in [-0.2, -0.15) is 0 Å². The average molecular weight is 962 g/mol. The molecule has 9 N–H and O–H groups in total. The van der Waals surface area contributed by atoms with Crippen molar-refractivity contribution < 1.29 is 43.5 Å². The third kappa shape index (κ3) is 16.3. The summed E-state index contributed by atoms with van der Waals surface area (Å²) >= 11 is 0. The number of rotatable bonds is 18. The lowest BCUT2D eigenvalue weighted by molar-refractivity contribution is -0.136. The minimum absolute atomic E-state index is 0.0134. The van der Waals surface area contributed by atoms with Crippen LogP contribution in [0.15, 0.2) is 78.9 Å². The molecule has 14 nitrogen and oxygen atoms in total. The molecule has 0 aliphatic carbocycles. The highest BCUT2D eigenvalue weighted by atomic mass is 28.4. The Balaban J connectivity index is 0.000000640. The predicted octanol–water partition coefficient (Wildman–Crippen LogP) is 5.01. The normalized spacial score (nSPS) is 13.3. The van der Waals surface area contributed by atoms with Crippen LogP contribution in [0.5, 0.6) is 0 Å². The van der Waals surface area contributed by atoms with Gasteiger partial charge in [-0.25, -0.2) is 0 Å². The largest absolute Gasteiger partial charge is 0.481 e. The van der Waals surface area contributed by atoms with E-state index < -0.39 is 58.3 Å². The van der Waals surface area contributed by atoms with Gasteiger partial charge in [0.25, 0.3) is 0 Å². The molecule has 0 saturated heterocycles. The highest BCUT2D eigenvalue weighted by Gasteiger charge is 2.55. The molecule has 3 aromatic rings. The molecule has 0 aliphatic rings. The highest BCUT2D eigenvalue weighted by Crippen LogP contribution is 2.49. The van der Waals surface area contributed by atoms with Crippen LogP contribution in [0.1, 0.15) is 120 Å². The van der Waals surface area contributed by atoms with Gasteiger partial charge in [0.15, 0.2) is 0 Å². The Bertz CT molecular complexity index is 2110. The first-order chi connectivity index (χ1) is 30.6. The van der Waals surface area contributed by atoms with E-state index in [0.29, 0.717) is 0 Å². The molecule has 3 rings (SSSR count). The van der Waals surface area contributed by atoms with Crippen molar-refractivity contribution in [1.82, 2.24) is 21.3 Å². The molecule has 16 heteroatoms. The van der Waals surface area contributed by atoms with Crippen LogP contribution in [0.2, 0.25) is 20.2 Å². The topological polar surface area (TPSA) is 237 Å². The number of aliphatic carboxylic acids is 1. The van der Waals surface area contributed by atoms with Crippen LogP contribution >= 0.6 is 0 Å². The zero-order valence-electron chi connectivity index (χ0n) is 42.3. The number of nitrogens with two attached hydrogens (primary N) is 1. The van der Waals surface area contributed by atoms with E-state index in [0.717, 1.165) is 27.1 Å². The van der Waals surface area contributed by atoms with Crippen LogP contribution in [0.3, 0.4) is 0 Å². The molecular weight excluding hydrogens is 883 g/mol. The van der Waals surface area contributed by atoms with E-state index in [1.54, 1.807) is 0 Å². The van der Waals surface area contributed by atoms with Crippen LogP contribution in [0, 0.1) is 5.92 Å². The smallest absolute Gasteiger partial charge is 0.307 e. The summed E-state index contributed by atoms with van der Waals surface area (Å²) in [5.74, 6) is -3.54. The van der Waals surface area contributed by atoms with Crippen LogP contribution in [-0.2, 0) is 48.0 Å². The third-order valence-electron chi connectivity index (χ3n) is 12.1. The standard InChI is InChI=1S/C35H53N5O6Si.C16H26O3Si/c1-23(2)31(40-30(43)21-25-14-16-26(17-15-25)47(46,34(3,4)5)35(6,7)8)33(45)37-19-18-29(42)39-27(32(44)38-22-28(36)41)20-24-12-10-9-11-13-24;1-15(2,3)20(19,16(4,5)6)13-9-7-12(8-10-13)11-14(17)18/h9-17,23,27,31,46H,18-22H2,1-8H3,(H2,36,41)(H,37,45)(H,38,44)(H,39,42)(H,40,43);7-10,19H,11H2,1-6H3,(H,17,18)/t27-,31-;/m0./s1. The first kappa shape index (κ1) is 58.0. The molecule has 0 radical (unpaired) electrons. The zero-order valence-corrected chi connectivity index (χ0v) is 44.3. The van der Waals surface area contributed by atoms with E-state index in [4.69, 9.17) is 10.8 Å². The summed E-state index contributed by atoms with van der Waals surface area (Å²) in [6, 6.07) is 22.3. The van der Waals surface area contributed by atoms with Gasteiger partial charge in [0, 0.05) is 19.4 Å². The first-order valence-corrected chi connectivity index (χ1v) is 26.9. The number of primary amides is 1. The SMILES string of the molecule is CC(C)(C)[Si](O)(c1ccc(CC(=O)O)cc1)C(C)(C)C.CC(C)[C@H](NC(=O)Cc1ccc([Si](O)(C(C)(C)C)C(C)(C)C)cc1)C(=O)NCCC(=O)N[C@@H](Cc1ccccc1)C(=O)NCC(N)=O. The van der Waals surface area contributed by atoms with Gasteiger partial charge in [-0.15, -0.1) is 0 Å². The summed E-state index contributed by atoms with van der Waals surface area (Å²) in [4.78, 5) is 96.6. The maximum atomic E-state index is 13.0. The van der Waals surface area contributed by atoms with Crippen molar-refractivity contribution in [3.8, 4) is 0 Å². The highest BCUT2D eigenvalue weighted by molar-refractivity contribution is 6.90. The van der Waals surface area contributed by atoms with Gasteiger partial charge in [0.2, 0.25) is 46.2 Å². The molecule has 0 bridgehead atoms. The summed E-state index contributed by atoms with van der Waals surface area (Å²) in [5, 5.41) is 20.3. The van der Waals surface area contributed by atoms with Gasteiger partial charge in [0.1, 0.15) is 12.1 Å². The number of nitrogens with one attached hydrogen (secondary N) is 4. The quantitative estimate of drug-likeness (QED) is 0.0800. The molecular formula is C51H79N5O9Si2. The molecule has 3 aromatic carbocycles. The molecule has 370 valence electrons. The van der Waals surface area contributed by atoms with E-state index in [1.165, 1.54) is 0 Å². The Morgan fingerprint density at radius 2 is 1.00 bits per heavy atom. The number of hydrogen-bond acceptors (Lipinski definition) is 8. The lowest BCUT2D eigenvalue weighted by Gasteiger charge is -2.47. The zero-order chi connectivity index (χ0) is 51.3. The van der Waals surface area contributed by atoms with E-state index in [2.05, 4.69) is 104 Å². The molecule has 0 fully saturated rings. The molecule has 0 heterocycles. The fraction of sp³-hybridized carbons (Fsp3) is 0.529. The fourth-order valence-corrected chi connectivity index (χ4v) is 18.1. The Morgan fingerprint density at radius 3 is 1.39 bits per heavy atom. The summed E-state index contributed by atoms with van der Waals surface area (Å²) in [7, 11) is -5.67. The lowest BCUT2D eigenvalue weighted by Crippen LogP contribution is -2.61. The van der Waals surface area contributed by atoms with Crippen molar-refractivity contribution in [2.75, 3.05) is 13.1 Å². The van der Waals surface area contributed by atoms with Crippen molar-refractivity contribution in [2.45, 2.75) is 155 Å². The Labute approximate surface area is 400 Å². The second kappa shape index (κ2) is 23.7. The monoisotopic (exact) mass is 962 g/mol. The van der Waals surface area contributed by atoms with E-state index in [-0.39, 0.29) is 70.8 Å². The van der Waals surface area contributed by atoms with Gasteiger partial charge in [0.05, 0.1) is 19.4 Å². The van der Waals surface area contributed by atoms with Crippen molar-refractivity contribution >= 4 is 62.5 Å². The summed E-state index contributed by atoms with van der Waals surface area (Å²) in [6.07, 6.45) is 0.170. The molecule has 5 amide bonds.